The lowest BCUT2D eigenvalue weighted by Crippen LogP contribution is -2.48. The van der Waals surface area contributed by atoms with E-state index in [1.54, 1.807) is 16.2 Å². The Balaban J connectivity index is 1.41. The fraction of sp³-hybridized carbons (Fsp3) is 0.360. The number of hydrogen-bond acceptors (Lipinski definition) is 8. The highest BCUT2D eigenvalue weighted by molar-refractivity contribution is 7.89. The molecule has 36 heavy (non-hydrogen) atoms. The van der Waals surface area contributed by atoms with E-state index in [4.69, 9.17) is 15.5 Å². The van der Waals surface area contributed by atoms with E-state index in [9.17, 15) is 13.2 Å². The van der Waals surface area contributed by atoms with Crippen LogP contribution in [0.4, 0.5) is 5.13 Å². The van der Waals surface area contributed by atoms with E-state index in [0.717, 1.165) is 25.2 Å². The number of fused-ring (bicyclic) bond motifs is 1. The molecule has 4 rings (SSSR count). The maximum atomic E-state index is 13.1. The Labute approximate surface area is 214 Å². The van der Waals surface area contributed by atoms with Gasteiger partial charge in [0.2, 0.25) is 10.0 Å². The number of benzene rings is 2. The molecule has 11 heteroatoms. The molecule has 1 aliphatic heterocycles. The van der Waals surface area contributed by atoms with Crippen LogP contribution >= 0.6 is 11.3 Å². The highest BCUT2D eigenvalue weighted by Gasteiger charge is 2.26. The maximum Gasteiger partial charge on any atom is 0.253 e. The number of aromatic nitrogens is 1. The number of sulfonamides is 1. The molecule has 2 aromatic carbocycles. The smallest absolute Gasteiger partial charge is 0.253 e. The largest absolute Gasteiger partial charge is 0.345 e. The quantitative estimate of drug-likeness (QED) is 0.444. The van der Waals surface area contributed by atoms with Crippen molar-refractivity contribution in [2.45, 2.75) is 24.7 Å². The molecule has 1 aromatic heterocycles. The predicted octanol–water partition coefficient (Wildman–Crippen LogP) is 3.39. The monoisotopic (exact) mass is 522 g/mol. The standard InChI is InChI=1S/C25H26N6O3S2/c1-19-5-2-6-22-23(19)28-25(35-22)30-17-15-29(16-18-30)24(32)20-7-9-21(10-8-20)36(33,34)31(13-3-11-26)14-4-12-27/h2,5-10H,3-4,13-18H2,1H3. The molecule has 186 valence electrons. The van der Waals surface area contributed by atoms with Crippen LogP contribution in [0, 0.1) is 29.6 Å². The fourth-order valence-electron chi connectivity index (χ4n) is 4.11. The van der Waals surface area contributed by atoms with Crippen LogP contribution in [0.1, 0.15) is 28.8 Å². The van der Waals surface area contributed by atoms with Crippen molar-refractivity contribution in [3.63, 3.8) is 0 Å². The summed E-state index contributed by atoms with van der Waals surface area (Å²) in [6.45, 7) is 4.51. The summed E-state index contributed by atoms with van der Waals surface area (Å²) < 4.78 is 28.3. The first-order chi connectivity index (χ1) is 17.3. The highest BCUT2D eigenvalue weighted by atomic mass is 32.2. The third-order valence-electron chi connectivity index (χ3n) is 6.13. The van der Waals surface area contributed by atoms with Crippen LogP contribution in [-0.2, 0) is 10.0 Å². The SMILES string of the molecule is Cc1cccc2sc(N3CCN(C(=O)c4ccc(S(=O)(=O)N(CCC#N)CCC#N)cc4)CC3)nc12. The molecule has 9 nitrogen and oxygen atoms in total. The van der Waals surface area contributed by atoms with Gasteiger partial charge in [-0.2, -0.15) is 14.8 Å². The van der Waals surface area contributed by atoms with Gasteiger partial charge in [-0.15, -0.1) is 0 Å². The molecule has 0 atom stereocenters. The molecule has 1 aliphatic rings. The highest BCUT2D eigenvalue weighted by Crippen LogP contribution is 2.31. The lowest BCUT2D eigenvalue weighted by atomic mass is 10.2. The average Bonchev–Trinajstić information content (AvgIpc) is 3.34. The molecule has 0 spiro atoms. The van der Waals surface area contributed by atoms with Gasteiger partial charge in [0.25, 0.3) is 5.91 Å². The second kappa shape index (κ2) is 11.0. The van der Waals surface area contributed by atoms with Crippen molar-refractivity contribution >= 4 is 42.6 Å². The third-order valence-corrected chi connectivity index (χ3v) is 9.13. The van der Waals surface area contributed by atoms with Crippen molar-refractivity contribution in [1.82, 2.24) is 14.2 Å². The van der Waals surface area contributed by atoms with Gasteiger partial charge in [0.15, 0.2) is 5.13 Å². The molecule has 0 aliphatic carbocycles. The van der Waals surface area contributed by atoms with Crippen LogP contribution in [-0.4, -0.2) is 67.8 Å². The first-order valence-electron chi connectivity index (χ1n) is 11.6. The lowest BCUT2D eigenvalue weighted by molar-refractivity contribution is 0.0746. The molecule has 0 saturated carbocycles. The third kappa shape index (κ3) is 5.34. The summed E-state index contributed by atoms with van der Waals surface area (Å²) >= 11 is 1.65. The number of hydrogen-bond donors (Lipinski definition) is 0. The number of nitriles is 2. The number of para-hydroxylation sites is 1. The molecule has 1 amide bonds. The van der Waals surface area contributed by atoms with Gasteiger partial charge in [-0.3, -0.25) is 4.79 Å². The van der Waals surface area contributed by atoms with E-state index in [-0.39, 0.29) is 36.7 Å². The molecule has 3 aromatic rings. The van der Waals surface area contributed by atoms with Crippen molar-refractivity contribution in [3.05, 3.63) is 53.6 Å². The van der Waals surface area contributed by atoms with Gasteiger partial charge in [-0.05, 0) is 42.8 Å². The zero-order chi connectivity index (χ0) is 25.7. The van der Waals surface area contributed by atoms with Crippen LogP contribution in [0.15, 0.2) is 47.4 Å². The van der Waals surface area contributed by atoms with Gasteiger partial charge in [-0.1, -0.05) is 23.5 Å². The summed E-state index contributed by atoms with van der Waals surface area (Å²) in [5.41, 5.74) is 2.58. The lowest BCUT2D eigenvalue weighted by Gasteiger charge is -2.34. The summed E-state index contributed by atoms with van der Waals surface area (Å²) in [4.78, 5) is 21.9. The van der Waals surface area contributed by atoms with Crippen LogP contribution in [0.2, 0.25) is 0 Å². The molecule has 0 N–H and O–H groups in total. The van der Waals surface area contributed by atoms with Gasteiger partial charge in [0.1, 0.15) is 0 Å². The minimum Gasteiger partial charge on any atom is -0.345 e. The second-order valence-electron chi connectivity index (χ2n) is 8.44. The molecule has 1 saturated heterocycles. The number of rotatable bonds is 8. The van der Waals surface area contributed by atoms with Crippen LogP contribution in [0.5, 0.6) is 0 Å². The van der Waals surface area contributed by atoms with Crippen molar-refractivity contribution in [3.8, 4) is 12.1 Å². The number of carbonyl (C=O) groups is 1. The number of amides is 1. The number of anilines is 1. The van der Waals surface area contributed by atoms with Crippen LogP contribution in [0.25, 0.3) is 10.2 Å². The molecular formula is C25H26N6O3S2. The molecule has 1 fully saturated rings. The number of piperazine rings is 1. The van der Waals surface area contributed by atoms with Gasteiger partial charge in [0, 0.05) is 57.7 Å². The van der Waals surface area contributed by atoms with Crippen molar-refractivity contribution in [1.29, 1.82) is 10.5 Å². The normalized spacial score (nSPS) is 14.1. The Kier molecular flexibility index (Phi) is 7.85. The fourth-order valence-corrected chi connectivity index (χ4v) is 6.65. The summed E-state index contributed by atoms with van der Waals surface area (Å²) in [7, 11) is -3.87. The molecule has 0 bridgehead atoms. The Morgan fingerprint density at radius 3 is 2.25 bits per heavy atom. The van der Waals surface area contributed by atoms with Gasteiger partial charge < -0.3 is 9.80 Å². The average molecular weight is 523 g/mol. The van der Waals surface area contributed by atoms with Gasteiger partial charge in [0.05, 0.1) is 27.3 Å². The van der Waals surface area contributed by atoms with Gasteiger partial charge in [-0.25, -0.2) is 13.4 Å². The first-order valence-corrected chi connectivity index (χ1v) is 13.9. The number of thiazole rings is 1. The van der Waals surface area contributed by atoms with Gasteiger partial charge >= 0.3 is 0 Å². The van der Waals surface area contributed by atoms with E-state index >= 15 is 0 Å². The summed E-state index contributed by atoms with van der Waals surface area (Å²) in [5.74, 6) is -0.149. The Morgan fingerprint density at radius 2 is 1.67 bits per heavy atom. The summed E-state index contributed by atoms with van der Waals surface area (Å²) in [6, 6.07) is 15.9. The molecular weight excluding hydrogens is 496 g/mol. The van der Waals surface area contributed by atoms with Crippen molar-refractivity contribution in [2.24, 2.45) is 0 Å². The predicted molar refractivity (Wildman–Crippen MR) is 138 cm³/mol. The maximum absolute atomic E-state index is 13.1. The zero-order valence-electron chi connectivity index (χ0n) is 19.9. The van der Waals surface area contributed by atoms with E-state index < -0.39 is 10.0 Å². The second-order valence-corrected chi connectivity index (χ2v) is 11.4. The zero-order valence-corrected chi connectivity index (χ0v) is 21.6. The van der Waals surface area contributed by atoms with Crippen LogP contribution in [0.3, 0.4) is 0 Å². The molecule has 2 heterocycles. The van der Waals surface area contributed by atoms with E-state index in [2.05, 4.69) is 24.0 Å². The van der Waals surface area contributed by atoms with E-state index in [1.807, 2.05) is 18.2 Å². The molecule has 0 unspecified atom stereocenters. The first kappa shape index (κ1) is 25.6. The van der Waals surface area contributed by atoms with Crippen LogP contribution < -0.4 is 4.90 Å². The Hall–Kier alpha value is -3.51. The van der Waals surface area contributed by atoms with Crippen molar-refractivity contribution in [2.75, 3.05) is 44.2 Å². The number of nitrogens with zero attached hydrogens (tertiary/aromatic N) is 6. The van der Waals surface area contributed by atoms with E-state index in [0.29, 0.717) is 31.7 Å². The molecule has 0 radical (unpaired) electrons. The Morgan fingerprint density at radius 1 is 1.03 bits per heavy atom. The number of carbonyl (C=O) groups excluding carboxylic acids is 1. The minimum atomic E-state index is -3.87. The topological polar surface area (TPSA) is 121 Å². The Bertz CT molecular complexity index is 1410. The van der Waals surface area contributed by atoms with Crippen molar-refractivity contribution < 1.29 is 13.2 Å². The summed E-state index contributed by atoms with van der Waals surface area (Å²) in [6.07, 6.45) is 0.0632. The minimum absolute atomic E-state index is 0.0136. The number of aryl methyl sites for hydroxylation is 1. The van der Waals surface area contributed by atoms with E-state index in [1.165, 1.54) is 24.3 Å². The summed E-state index contributed by atoms with van der Waals surface area (Å²) in [5, 5.41) is 18.6.